The Morgan fingerprint density at radius 2 is 1.78 bits per heavy atom. The zero-order chi connectivity index (χ0) is 26.6. The number of amides is 3. The Balaban J connectivity index is 1.99. The standard InChI is InChI=1S/C28H37N3O5/c1-17-10-9-12-20(14-17)24(25(33)29-21-13-8-7-11-18(21)2)31(23-15-19(23)3)26(34)22(16-32)30-27(35)36-28(4,5)6/h7-14,19,22-24,32H,15-16H2,1-6H3,(H,29,33)(H,30,35). The van der Waals surface area contributed by atoms with Crippen LogP contribution >= 0.6 is 0 Å². The minimum absolute atomic E-state index is 0.174. The van der Waals surface area contributed by atoms with Crippen LogP contribution < -0.4 is 10.6 Å². The smallest absolute Gasteiger partial charge is 0.408 e. The number of hydrogen-bond donors (Lipinski definition) is 3. The third-order valence-electron chi connectivity index (χ3n) is 6.14. The van der Waals surface area contributed by atoms with Crippen LogP contribution in [0.1, 0.15) is 56.8 Å². The average Bonchev–Trinajstić information content (AvgIpc) is 3.51. The molecule has 1 aliphatic rings. The summed E-state index contributed by atoms with van der Waals surface area (Å²) in [6, 6.07) is 12.5. The SMILES string of the molecule is Cc1cccc(C(C(=O)Nc2ccccc2C)N(C(=O)C(CO)NC(=O)OC(C)(C)C)C2CC2C)c1. The first-order valence-corrected chi connectivity index (χ1v) is 12.3. The van der Waals surface area contributed by atoms with Gasteiger partial charge in [0.15, 0.2) is 0 Å². The Morgan fingerprint density at radius 1 is 1.11 bits per heavy atom. The Morgan fingerprint density at radius 3 is 2.33 bits per heavy atom. The highest BCUT2D eigenvalue weighted by atomic mass is 16.6. The molecule has 4 unspecified atom stereocenters. The minimum atomic E-state index is -1.26. The molecule has 0 bridgehead atoms. The van der Waals surface area contributed by atoms with Gasteiger partial charge in [0.1, 0.15) is 17.7 Å². The maximum absolute atomic E-state index is 13.8. The van der Waals surface area contributed by atoms with E-state index in [1.165, 1.54) is 4.90 Å². The fourth-order valence-electron chi connectivity index (χ4n) is 4.18. The number of aliphatic hydroxyl groups is 1. The van der Waals surface area contributed by atoms with Crippen molar-refractivity contribution in [2.45, 2.75) is 71.7 Å². The van der Waals surface area contributed by atoms with Gasteiger partial charge in [0.25, 0.3) is 5.91 Å². The maximum Gasteiger partial charge on any atom is 0.408 e. The first-order chi connectivity index (χ1) is 16.9. The number of nitrogens with zero attached hydrogens (tertiary/aromatic N) is 1. The molecule has 1 saturated carbocycles. The first-order valence-electron chi connectivity index (χ1n) is 12.3. The summed E-state index contributed by atoms with van der Waals surface area (Å²) in [5.41, 5.74) is 2.38. The van der Waals surface area contributed by atoms with E-state index in [2.05, 4.69) is 10.6 Å². The van der Waals surface area contributed by atoms with Crippen LogP contribution in [0, 0.1) is 19.8 Å². The fourth-order valence-corrected chi connectivity index (χ4v) is 4.18. The van der Waals surface area contributed by atoms with Gasteiger partial charge in [-0.3, -0.25) is 9.59 Å². The van der Waals surface area contributed by atoms with E-state index < -0.39 is 36.3 Å². The molecule has 0 saturated heterocycles. The van der Waals surface area contributed by atoms with Crippen molar-refractivity contribution in [1.82, 2.24) is 10.2 Å². The molecular formula is C28H37N3O5. The second-order valence-electron chi connectivity index (χ2n) is 10.5. The highest BCUT2D eigenvalue weighted by Crippen LogP contribution is 2.41. The predicted molar refractivity (Wildman–Crippen MR) is 138 cm³/mol. The Bertz CT molecular complexity index is 1110. The molecule has 0 heterocycles. The van der Waals surface area contributed by atoms with Crippen molar-refractivity contribution in [3.8, 4) is 0 Å². The number of hydrogen-bond acceptors (Lipinski definition) is 5. The lowest BCUT2D eigenvalue weighted by Gasteiger charge is -2.34. The second-order valence-corrected chi connectivity index (χ2v) is 10.5. The van der Waals surface area contributed by atoms with Gasteiger partial charge in [-0.2, -0.15) is 0 Å². The van der Waals surface area contributed by atoms with Gasteiger partial charge in [0, 0.05) is 11.7 Å². The topological polar surface area (TPSA) is 108 Å². The van der Waals surface area contributed by atoms with Crippen LogP contribution in [0.5, 0.6) is 0 Å². The van der Waals surface area contributed by atoms with E-state index in [1.54, 1.807) is 20.8 Å². The van der Waals surface area contributed by atoms with Crippen molar-refractivity contribution in [2.75, 3.05) is 11.9 Å². The van der Waals surface area contributed by atoms with Crippen molar-refractivity contribution in [2.24, 2.45) is 5.92 Å². The summed E-state index contributed by atoms with van der Waals surface area (Å²) in [6.07, 6.45) is -0.0915. The molecule has 0 aliphatic heterocycles. The maximum atomic E-state index is 13.8. The summed E-state index contributed by atoms with van der Waals surface area (Å²) >= 11 is 0. The van der Waals surface area contributed by atoms with Gasteiger partial charge < -0.3 is 25.4 Å². The number of rotatable bonds is 8. The molecule has 0 radical (unpaired) electrons. The highest BCUT2D eigenvalue weighted by molar-refractivity contribution is 5.99. The molecule has 36 heavy (non-hydrogen) atoms. The average molecular weight is 496 g/mol. The van der Waals surface area contributed by atoms with Gasteiger partial charge in [0.05, 0.1) is 6.61 Å². The lowest BCUT2D eigenvalue weighted by atomic mass is 10.00. The van der Waals surface area contributed by atoms with Crippen LogP contribution in [0.3, 0.4) is 0 Å². The Labute approximate surface area is 213 Å². The lowest BCUT2D eigenvalue weighted by Crippen LogP contribution is -2.54. The van der Waals surface area contributed by atoms with Crippen LogP contribution in [-0.2, 0) is 14.3 Å². The van der Waals surface area contributed by atoms with E-state index >= 15 is 0 Å². The fraction of sp³-hybridized carbons (Fsp3) is 0.464. The summed E-state index contributed by atoms with van der Waals surface area (Å²) in [4.78, 5) is 41.6. The molecule has 8 heteroatoms. The van der Waals surface area contributed by atoms with Crippen molar-refractivity contribution < 1.29 is 24.2 Å². The number of carbonyl (C=O) groups is 3. The Hall–Kier alpha value is -3.39. The molecule has 2 aromatic carbocycles. The number of alkyl carbamates (subject to hydrolysis) is 1. The van der Waals surface area contributed by atoms with E-state index in [4.69, 9.17) is 4.74 Å². The van der Waals surface area contributed by atoms with Gasteiger partial charge in [0.2, 0.25) is 5.91 Å². The molecule has 1 fully saturated rings. The van der Waals surface area contributed by atoms with E-state index in [0.717, 1.165) is 17.5 Å². The summed E-state index contributed by atoms with van der Waals surface area (Å²) in [5, 5.41) is 15.5. The van der Waals surface area contributed by atoms with Crippen molar-refractivity contribution >= 4 is 23.6 Å². The summed E-state index contributed by atoms with van der Waals surface area (Å²) < 4.78 is 5.29. The van der Waals surface area contributed by atoms with Crippen LogP contribution in [-0.4, -0.2) is 52.2 Å². The highest BCUT2D eigenvalue weighted by Gasteiger charge is 2.48. The van der Waals surface area contributed by atoms with Crippen LogP contribution in [0.4, 0.5) is 10.5 Å². The summed E-state index contributed by atoms with van der Waals surface area (Å²) in [7, 11) is 0. The second kappa shape index (κ2) is 11.1. The third kappa shape index (κ3) is 6.85. The molecular weight excluding hydrogens is 458 g/mol. The largest absolute Gasteiger partial charge is 0.444 e. The van der Waals surface area contributed by atoms with Crippen molar-refractivity contribution in [3.05, 3.63) is 65.2 Å². The zero-order valence-electron chi connectivity index (χ0n) is 21.9. The zero-order valence-corrected chi connectivity index (χ0v) is 21.9. The van der Waals surface area contributed by atoms with Crippen molar-refractivity contribution in [3.63, 3.8) is 0 Å². The number of nitrogens with one attached hydrogen (secondary N) is 2. The molecule has 2 aromatic rings. The van der Waals surface area contributed by atoms with Gasteiger partial charge in [-0.25, -0.2) is 4.79 Å². The molecule has 3 amide bonds. The first kappa shape index (κ1) is 27.2. The molecule has 0 spiro atoms. The number of anilines is 1. The summed E-state index contributed by atoms with van der Waals surface area (Å²) in [5.74, 6) is -0.728. The molecule has 0 aromatic heterocycles. The lowest BCUT2D eigenvalue weighted by molar-refractivity contribution is -0.142. The molecule has 4 atom stereocenters. The Kier molecular flexibility index (Phi) is 8.40. The van der Waals surface area contributed by atoms with Crippen LogP contribution in [0.25, 0.3) is 0 Å². The third-order valence-corrected chi connectivity index (χ3v) is 6.14. The normalized spacial score (nSPS) is 18.5. The number of benzene rings is 2. The predicted octanol–water partition coefficient (Wildman–Crippen LogP) is 4.11. The van der Waals surface area contributed by atoms with Crippen molar-refractivity contribution in [1.29, 1.82) is 0 Å². The van der Waals surface area contributed by atoms with Gasteiger partial charge in [-0.05, 0) is 64.2 Å². The molecule has 3 N–H and O–H groups in total. The van der Waals surface area contributed by atoms with E-state index in [0.29, 0.717) is 11.3 Å². The number of para-hydroxylation sites is 1. The molecule has 194 valence electrons. The summed E-state index contributed by atoms with van der Waals surface area (Å²) in [6.45, 7) is 10.3. The minimum Gasteiger partial charge on any atom is -0.444 e. The monoisotopic (exact) mass is 495 g/mol. The quantitative estimate of drug-likeness (QED) is 0.511. The van der Waals surface area contributed by atoms with Crippen LogP contribution in [0.15, 0.2) is 48.5 Å². The number of ether oxygens (including phenoxy) is 1. The molecule has 1 aliphatic carbocycles. The van der Waals surface area contributed by atoms with Gasteiger partial charge in [-0.15, -0.1) is 0 Å². The molecule has 8 nitrogen and oxygen atoms in total. The number of carbonyl (C=O) groups excluding carboxylic acids is 3. The van der Waals surface area contributed by atoms with E-state index in [1.807, 2.05) is 69.3 Å². The molecule has 3 rings (SSSR count). The van der Waals surface area contributed by atoms with Crippen LogP contribution in [0.2, 0.25) is 0 Å². The van der Waals surface area contributed by atoms with E-state index in [-0.39, 0.29) is 17.9 Å². The van der Waals surface area contributed by atoms with E-state index in [9.17, 15) is 19.5 Å². The number of aryl methyl sites for hydroxylation is 2. The number of aliphatic hydroxyl groups excluding tert-OH is 1. The van der Waals surface area contributed by atoms with Gasteiger partial charge in [-0.1, -0.05) is 55.0 Å². The van der Waals surface area contributed by atoms with Gasteiger partial charge >= 0.3 is 6.09 Å².